The molecule has 4 rings (SSSR count). The van der Waals surface area contributed by atoms with Gasteiger partial charge in [-0.15, -0.1) is 13.2 Å². The van der Waals surface area contributed by atoms with Crippen LogP contribution in [0.4, 0.5) is 0 Å². The first-order valence-electron chi connectivity index (χ1n) is 18.7. The number of carbonyl (C=O) groups is 2. The molecule has 0 bridgehead atoms. The summed E-state index contributed by atoms with van der Waals surface area (Å²) in [6, 6.07) is 0. The van der Waals surface area contributed by atoms with Crippen LogP contribution in [-0.4, -0.2) is 70.0 Å². The molecule has 4 saturated carbocycles. The Morgan fingerprint density at radius 2 is 1.50 bits per heavy atom. The Morgan fingerprint density at radius 1 is 0.840 bits per heavy atom. The SMILES string of the molecule is C=CCC1[C@@]2(C=C)CC[C@H](O)[C@](C)(COC(=O)/C(C)=C/C)C2CC[C@@]1(C)[C@@]1(C)CC2CC(C)(C)[C@@H](O)[C@H](O)[C@]2(COC(=O)C=C(C)C)[C@H](O)C1. The molecule has 8 nitrogen and oxygen atoms in total. The quantitative estimate of drug-likeness (QED) is 0.111. The van der Waals surface area contributed by atoms with Gasteiger partial charge in [0.1, 0.15) is 6.61 Å². The first kappa shape index (κ1) is 40.5. The molecular weight excluding hydrogens is 632 g/mol. The maximum atomic E-state index is 12.8. The predicted molar refractivity (Wildman–Crippen MR) is 196 cm³/mol. The smallest absolute Gasteiger partial charge is 0.333 e. The van der Waals surface area contributed by atoms with Gasteiger partial charge in [-0.2, -0.15) is 0 Å². The molecule has 0 saturated heterocycles. The van der Waals surface area contributed by atoms with E-state index in [0.717, 1.165) is 24.8 Å². The van der Waals surface area contributed by atoms with Gasteiger partial charge in [0, 0.05) is 17.1 Å². The predicted octanol–water partition coefficient (Wildman–Crippen LogP) is 6.86. The van der Waals surface area contributed by atoms with E-state index in [0.29, 0.717) is 37.7 Å². The number of hydrogen-bond acceptors (Lipinski definition) is 8. The van der Waals surface area contributed by atoms with E-state index in [1.807, 2.05) is 33.8 Å². The summed E-state index contributed by atoms with van der Waals surface area (Å²) >= 11 is 0. The van der Waals surface area contributed by atoms with Crippen molar-refractivity contribution in [2.24, 2.45) is 50.2 Å². The van der Waals surface area contributed by atoms with Crippen molar-refractivity contribution in [3.05, 3.63) is 48.6 Å². The van der Waals surface area contributed by atoms with Gasteiger partial charge < -0.3 is 29.9 Å². The van der Waals surface area contributed by atoms with Gasteiger partial charge in [0.15, 0.2) is 0 Å². The van der Waals surface area contributed by atoms with E-state index in [4.69, 9.17) is 9.47 Å². The fourth-order valence-electron chi connectivity index (χ4n) is 11.5. The van der Waals surface area contributed by atoms with Gasteiger partial charge in [0.05, 0.1) is 36.4 Å². The Kier molecular flexibility index (Phi) is 11.6. The average Bonchev–Trinajstić information content (AvgIpc) is 3.04. The van der Waals surface area contributed by atoms with Crippen LogP contribution in [0.1, 0.15) is 114 Å². The molecule has 0 aromatic carbocycles. The first-order chi connectivity index (χ1) is 23.2. The summed E-state index contributed by atoms with van der Waals surface area (Å²) in [5.74, 6) is -1.10. The maximum Gasteiger partial charge on any atom is 0.333 e. The Bertz CT molecular complexity index is 1380. The number of allylic oxidation sites excluding steroid dienone is 4. The fourth-order valence-corrected chi connectivity index (χ4v) is 11.5. The van der Waals surface area contributed by atoms with Crippen LogP contribution in [0.15, 0.2) is 48.6 Å². The molecule has 0 amide bonds. The largest absolute Gasteiger partial charge is 0.462 e. The van der Waals surface area contributed by atoms with Gasteiger partial charge in [-0.05, 0) is 118 Å². The third kappa shape index (κ3) is 6.39. The lowest BCUT2D eigenvalue weighted by Crippen LogP contribution is -2.70. The Hall–Kier alpha value is -2.26. The molecule has 0 heterocycles. The highest BCUT2D eigenvalue weighted by atomic mass is 16.5. The highest BCUT2D eigenvalue weighted by Gasteiger charge is 2.70. The standard InChI is InChI=1S/C42H66O8/c1-12-15-30-40(11,18-16-29-39(10,24-50-36(48)27(6)13-2)31(43)17-19-41(29,30)14-3)38(9)22-28-21-37(7,8)34(46)35(47)42(28,32(44)23-38)25-49-33(45)20-26(4)5/h12-14,20,28-32,34-35,43-44,46-47H,1,3,15-19,21-25H2,2,4-11H3/b27-13+/t28?,29?,30?,31-,32+,34-,35-,38-,39+,40+,41-,42-/m0/s1. The number of aliphatic hydroxyl groups is 4. The summed E-state index contributed by atoms with van der Waals surface area (Å²) < 4.78 is 11.6. The van der Waals surface area contributed by atoms with E-state index < -0.39 is 57.5 Å². The van der Waals surface area contributed by atoms with Gasteiger partial charge in [-0.25, -0.2) is 9.59 Å². The highest BCUT2D eigenvalue weighted by Crippen LogP contribution is 2.73. The number of hydrogen-bond donors (Lipinski definition) is 4. The molecule has 0 aliphatic heterocycles. The lowest BCUT2D eigenvalue weighted by atomic mass is 9.35. The zero-order valence-electron chi connectivity index (χ0n) is 32.3. The van der Waals surface area contributed by atoms with Crippen LogP contribution in [0.3, 0.4) is 0 Å². The van der Waals surface area contributed by atoms with E-state index in [1.54, 1.807) is 19.9 Å². The highest BCUT2D eigenvalue weighted by molar-refractivity contribution is 5.87. The summed E-state index contributed by atoms with van der Waals surface area (Å²) in [7, 11) is 0. The van der Waals surface area contributed by atoms with Crippen molar-refractivity contribution in [3.63, 3.8) is 0 Å². The third-order valence-corrected chi connectivity index (χ3v) is 14.9. The van der Waals surface area contributed by atoms with E-state index in [2.05, 4.69) is 40.0 Å². The number of fused-ring (bicyclic) bond motifs is 2. The van der Waals surface area contributed by atoms with Crippen LogP contribution in [0.5, 0.6) is 0 Å². The summed E-state index contributed by atoms with van der Waals surface area (Å²) in [6.07, 6.45) is 8.30. The minimum absolute atomic E-state index is 0.00994. The molecule has 12 atom stereocenters. The molecular formula is C42H66O8. The molecule has 4 N–H and O–H groups in total. The molecule has 4 aliphatic rings. The van der Waals surface area contributed by atoms with Crippen molar-refractivity contribution in [1.82, 2.24) is 0 Å². The van der Waals surface area contributed by atoms with E-state index in [-0.39, 0.29) is 42.4 Å². The van der Waals surface area contributed by atoms with Gasteiger partial charge in [-0.1, -0.05) is 58.4 Å². The van der Waals surface area contributed by atoms with Crippen LogP contribution >= 0.6 is 0 Å². The lowest BCUT2D eigenvalue weighted by Gasteiger charge is -2.70. The molecule has 282 valence electrons. The minimum atomic E-state index is -1.28. The average molecular weight is 699 g/mol. The number of rotatable bonds is 10. The molecule has 4 fully saturated rings. The molecule has 8 heteroatoms. The third-order valence-electron chi connectivity index (χ3n) is 14.9. The van der Waals surface area contributed by atoms with Crippen molar-refractivity contribution in [2.75, 3.05) is 13.2 Å². The second kappa shape index (κ2) is 14.3. The van der Waals surface area contributed by atoms with Gasteiger partial charge in [-0.3, -0.25) is 0 Å². The number of esters is 2. The number of carbonyl (C=O) groups excluding carboxylic acids is 2. The summed E-state index contributed by atoms with van der Waals surface area (Å²) in [5, 5.41) is 47.2. The van der Waals surface area contributed by atoms with Crippen LogP contribution in [-0.2, 0) is 19.1 Å². The Balaban J connectivity index is 1.77. The van der Waals surface area contributed by atoms with Gasteiger partial charge >= 0.3 is 11.9 Å². The van der Waals surface area contributed by atoms with Crippen molar-refractivity contribution in [2.45, 2.75) is 138 Å². The van der Waals surface area contributed by atoms with E-state index in [1.165, 1.54) is 6.08 Å². The minimum Gasteiger partial charge on any atom is -0.462 e. The summed E-state index contributed by atoms with van der Waals surface area (Å²) in [5.41, 5.74) is -2.37. The van der Waals surface area contributed by atoms with Gasteiger partial charge in [0.2, 0.25) is 0 Å². The second-order valence-corrected chi connectivity index (χ2v) is 18.2. The fraction of sp³-hybridized carbons (Fsp3) is 0.762. The van der Waals surface area contributed by atoms with E-state index in [9.17, 15) is 30.0 Å². The van der Waals surface area contributed by atoms with Crippen molar-refractivity contribution in [3.8, 4) is 0 Å². The molecule has 0 spiro atoms. The van der Waals surface area contributed by atoms with Crippen molar-refractivity contribution >= 4 is 11.9 Å². The summed E-state index contributed by atoms with van der Waals surface area (Å²) in [4.78, 5) is 25.5. The lowest BCUT2D eigenvalue weighted by molar-refractivity contribution is -0.274. The zero-order chi connectivity index (χ0) is 37.7. The first-order valence-corrected chi connectivity index (χ1v) is 18.7. The van der Waals surface area contributed by atoms with Crippen molar-refractivity contribution < 1.29 is 39.5 Å². The zero-order valence-corrected chi connectivity index (χ0v) is 32.3. The molecule has 0 aromatic rings. The Labute approximate surface area is 301 Å². The molecule has 0 radical (unpaired) electrons. The number of ether oxygens (including phenoxy) is 2. The number of aliphatic hydroxyl groups excluding tert-OH is 4. The molecule has 4 aliphatic carbocycles. The van der Waals surface area contributed by atoms with Crippen LogP contribution in [0.2, 0.25) is 0 Å². The van der Waals surface area contributed by atoms with Crippen LogP contribution in [0.25, 0.3) is 0 Å². The van der Waals surface area contributed by atoms with Crippen LogP contribution < -0.4 is 0 Å². The molecule has 3 unspecified atom stereocenters. The van der Waals surface area contributed by atoms with Crippen molar-refractivity contribution in [1.29, 1.82) is 0 Å². The Morgan fingerprint density at radius 3 is 2.08 bits per heavy atom. The monoisotopic (exact) mass is 698 g/mol. The van der Waals surface area contributed by atoms with E-state index >= 15 is 0 Å². The topological polar surface area (TPSA) is 134 Å². The normalized spacial score (nSPS) is 44.2. The molecule has 50 heavy (non-hydrogen) atoms. The molecule has 0 aromatic heterocycles. The van der Waals surface area contributed by atoms with Gasteiger partial charge in [0.25, 0.3) is 0 Å². The van der Waals surface area contributed by atoms with Crippen LogP contribution in [0, 0.1) is 50.2 Å². The summed E-state index contributed by atoms with van der Waals surface area (Å²) in [6.45, 7) is 26.3. The maximum absolute atomic E-state index is 12.8. The second-order valence-electron chi connectivity index (χ2n) is 18.2.